The monoisotopic (exact) mass is 646 g/mol. The number of carbonyl (C=O) groups is 2. The molecule has 2 saturated heterocycles. The predicted molar refractivity (Wildman–Crippen MR) is 164 cm³/mol. The van der Waals surface area contributed by atoms with Crippen molar-refractivity contribution < 1.29 is 54.1 Å². The van der Waals surface area contributed by atoms with E-state index in [9.17, 15) is 35.1 Å². The van der Waals surface area contributed by atoms with Gasteiger partial charge in [0, 0.05) is 39.1 Å². The summed E-state index contributed by atoms with van der Waals surface area (Å²) in [6, 6.07) is 0. The molecular formula is C32H58N2O11. The van der Waals surface area contributed by atoms with Crippen LogP contribution in [0.1, 0.15) is 96.3 Å². The lowest BCUT2D eigenvalue weighted by atomic mass is 9.89. The van der Waals surface area contributed by atoms with Crippen molar-refractivity contribution in [2.75, 3.05) is 46.1 Å². The molecule has 0 spiro atoms. The maximum Gasteiger partial charge on any atom is 0.222 e. The summed E-state index contributed by atoms with van der Waals surface area (Å²) in [4.78, 5) is 27.1. The Hall–Kier alpha value is -1.42. The van der Waals surface area contributed by atoms with Gasteiger partial charge in [0.05, 0.1) is 19.8 Å². The van der Waals surface area contributed by atoms with Crippen molar-refractivity contribution >= 4 is 11.8 Å². The van der Waals surface area contributed by atoms with Crippen LogP contribution in [0.5, 0.6) is 0 Å². The first-order valence-corrected chi connectivity index (χ1v) is 17.2. The molecule has 1 aliphatic carbocycles. The average molecular weight is 647 g/mol. The van der Waals surface area contributed by atoms with Crippen molar-refractivity contribution in [3.05, 3.63) is 0 Å². The molecule has 13 nitrogen and oxygen atoms in total. The third kappa shape index (κ3) is 13.7. The van der Waals surface area contributed by atoms with Gasteiger partial charge in [-0.2, -0.15) is 0 Å². The van der Waals surface area contributed by atoms with Crippen molar-refractivity contribution in [2.24, 2.45) is 5.92 Å². The summed E-state index contributed by atoms with van der Waals surface area (Å²) < 4.78 is 22.1. The first-order chi connectivity index (χ1) is 21.8. The molecule has 2 heterocycles. The van der Waals surface area contributed by atoms with Crippen LogP contribution in [0, 0.1) is 5.92 Å². The fourth-order valence-electron chi connectivity index (χ4n) is 6.25. The molecule has 0 radical (unpaired) electrons. The van der Waals surface area contributed by atoms with Gasteiger partial charge in [0.1, 0.15) is 30.5 Å². The summed E-state index contributed by atoms with van der Waals surface area (Å²) in [6.45, 7) is 1.51. The fraction of sp³-hybridized carbons (Fsp3) is 0.938. The first kappa shape index (κ1) is 38.0. The molecule has 262 valence electrons. The number of nitrogens with zero attached hydrogens (tertiary/aromatic N) is 1. The minimum atomic E-state index is -1.53. The van der Waals surface area contributed by atoms with Crippen LogP contribution < -0.4 is 5.32 Å². The summed E-state index contributed by atoms with van der Waals surface area (Å²) >= 11 is 0. The van der Waals surface area contributed by atoms with E-state index in [0.29, 0.717) is 57.7 Å². The van der Waals surface area contributed by atoms with Gasteiger partial charge in [-0.3, -0.25) is 9.59 Å². The highest BCUT2D eigenvalue weighted by Crippen LogP contribution is 2.25. The van der Waals surface area contributed by atoms with E-state index >= 15 is 0 Å². The molecule has 45 heavy (non-hydrogen) atoms. The number of aliphatic hydroxyl groups excluding tert-OH is 5. The maximum absolute atomic E-state index is 13.1. The van der Waals surface area contributed by atoms with Gasteiger partial charge in [0.2, 0.25) is 11.8 Å². The van der Waals surface area contributed by atoms with Crippen LogP contribution in [0.2, 0.25) is 0 Å². The maximum atomic E-state index is 13.1. The van der Waals surface area contributed by atoms with E-state index in [1.165, 1.54) is 44.9 Å². The Labute approximate surface area is 267 Å². The van der Waals surface area contributed by atoms with Crippen molar-refractivity contribution in [3.63, 3.8) is 0 Å². The van der Waals surface area contributed by atoms with Crippen LogP contribution in [0.4, 0.5) is 0 Å². The predicted octanol–water partition coefficient (Wildman–Crippen LogP) is 0.963. The Morgan fingerprint density at radius 1 is 0.778 bits per heavy atom. The number of aliphatic hydroxyl groups is 5. The quantitative estimate of drug-likeness (QED) is 0.117. The molecule has 1 saturated carbocycles. The molecule has 3 rings (SSSR count). The molecule has 2 amide bonds. The number of nitrogens with one attached hydrogen (secondary N) is 1. The lowest BCUT2D eigenvalue weighted by Crippen LogP contribution is -2.59. The van der Waals surface area contributed by atoms with Gasteiger partial charge in [-0.15, -0.1) is 0 Å². The number of hydrogen-bond acceptors (Lipinski definition) is 11. The van der Waals surface area contributed by atoms with Crippen LogP contribution in [-0.4, -0.2) is 131 Å². The van der Waals surface area contributed by atoms with Crippen LogP contribution in [0.15, 0.2) is 0 Å². The summed E-state index contributed by atoms with van der Waals surface area (Å²) in [7, 11) is 0. The standard InChI is InChI=1S/C32H58N2O11/c35-22-25-28(39)29(40)30(41)32(45-25)43-20-9-17-34(18-21-44-31-24(36)12-8-19-42-31)27(38)14-7-6-13-26(37)33-16-15-23-10-4-2-1-3-5-11-23/h23-25,28-32,35-36,39-41H,1-22H2,(H,33,37)/t24-,25?,28+,29?,30?,31?,32-/m0/s1. The minimum absolute atomic E-state index is 0.0231. The molecule has 6 N–H and O–H groups in total. The van der Waals surface area contributed by atoms with E-state index in [4.69, 9.17) is 18.9 Å². The lowest BCUT2D eigenvalue weighted by Gasteiger charge is -2.39. The van der Waals surface area contributed by atoms with Crippen LogP contribution in [0.25, 0.3) is 0 Å². The SMILES string of the molecule is O=C(CCCCC(=O)N(CCCO[C@H]1OC(CO)[C@@H](O)C(O)C1O)CCOC1OCCC[C@@H]1O)NCCC1CCCCCCC1. The second-order valence-corrected chi connectivity index (χ2v) is 12.7. The van der Waals surface area contributed by atoms with Gasteiger partial charge in [0.15, 0.2) is 12.6 Å². The van der Waals surface area contributed by atoms with Gasteiger partial charge >= 0.3 is 0 Å². The first-order valence-electron chi connectivity index (χ1n) is 17.2. The number of rotatable bonds is 18. The highest BCUT2D eigenvalue weighted by atomic mass is 16.7. The van der Waals surface area contributed by atoms with Crippen molar-refractivity contribution in [1.29, 1.82) is 0 Å². The summed E-state index contributed by atoms with van der Waals surface area (Å²) in [5.74, 6) is 0.630. The summed E-state index contributed by atoms with van der Waals surface area (Å²) in [5, 5.41) is 52.6. The Morgan fingerprint density at radius 2 is 1.49 bits per heavy atom. The normalized spacial score (nSPS) is 29.9. The van der Waals surface area contributed by atoms with Crippen LogP contribution in [-0.2, 0) is 28.5 Å². The molecule has 2 aliphatic heterocycles. The molecule has 0 bridgehead atoms. The van der Waals surface area contributed by atoms with Crippen molar-refractivity contribution in [1.82, 2.24) is 10.2 Å². The van der Waals surface area contributed by atoms with Gasteiger partial charge in [0.25, 0.3) is 0 Å². The van der Waals surface area contributed by atoms with Gasteiger partial charge in [-0.25, -0.2) is 0 Å². The largest absolute Gasteiger partial charge is 0.394 e. The highest BCUT2D eigenvalue weighted by Gasteiger charge is 2.44. The van der Waals surface area contributed by atoms with Gasteiger partial charge in [-0.1, -0.05) is 44.9 Å². The van der Waals surface area contributed by atoms with Crippen molar-refractivity contribution in [3.8, 4) is 0 Å². The second kappa shape index (κ2) is 21.5. The zero-order chi connectivity index (χ0) is 32.4. The molecule has 3 fully saturated rings. The van der Waals surface area contributed by atoms with E-state index in [1.54, 1.807) is 4.90 Å². The Morgan fingerprint density at radius 3 is 2.22 bits per heavy atom. The molecule has 0 aromatic rings. The van der Waals surface area contributed by atoms with E-state index in [0.717, 1.165) is 12.8 Å². The van der Waals surface area contributed by atoms with Crippen LogP contribution >= 0.6 is 0 Å². The molecule has 3 aliphatic rings. The molecule has 13 heteroatoms. The molecule has 7 atom stereocenters. The van der Waals surface area contributed by atoms with E-state index < -0.39 is 49.7 Å². The number of unbranched alkanes of at least 4 members (excludes halogenated alkanes) is 1. The average Bonchev–Trinajstić information content (AvgIpc) is 3.02. The number of hydrogen-bond donors (Lipinski definition) is 6. The fourth-order valence-corrected chi connectivity index (χ4v) is 6.25. The highest BCUT2D eigenvalue weighted by molar-refractivity contribution is 5.77. The summed E-state index contributed by atoms with van der Waals surface area (Å²) in [6.07, 6.45) is 5.45. The molecular weight excluding hydrogens is 588 g/mol. The zero-order valence-corrected chi connectivity index (χ0v) is 26.8. The number of ether oxygens (including phenoxy) is 4. The third-order valence-corrected chi connectivity index (χ3v) is 9.08. The zero-order valence-electron chi connectivity index (χ0n) is 26.8. The number of amides is 2. The smallest absolute Gasteiger partial charge is 0.222 e. The van der Waals surface area contributed by atoms with Crippen molar-refractivity contribution in [2.45, 2.75) is 139 Å². The number of carbonyl (C=O) groups excluding carboxylic acids is 2. The van der Waals surface area contributed by atoms with E-state index in [-0.39, 0.29) is 38.0 Å². The third-order valence-electron chi connectivity index (χ3n) is 9.08. The lowest BCUT2D eigenvalue weighted by molar-refractivity contribution is -0.301. The topological polar surface area (TPSA) is 187 Å². The Kier molecular flexibility index (Phi) is 18.1. The van der Waals surface area contributed by atoms with E-state index in [2.05, 4.69) is 5.32 Å². The van der Waals surface area contributed by atoms with Gasteiger partial charge < -0.3 is 54.7 Å². The minimum Gasteiger partial charge on any atom is -0.394 e. The van der Waals surface area contributed by atoms with Gasteiger partial charge in [-0.05, 0) is 44.4 Å². The van der Waals surface area contributed by atoms with Crippen LogP contribution in [0.3, 0.4) is 0 Å². The molecule has 0 aromatic carbocycles. The van der Waals surface area contributed by atoms with E-state index in [1.807, 2.05) is 0 Å². The summed E-state index contributed by atoms with van der Waals surface area (Å²) in [5.41, 5.74) is 0. The molecule has 0 aromatic heterocycles. The Bertz CT molecular complexity index is 827. The molecule has 4 unspecified atom stereocenters. The second-order valence-electron chi connectivity index (χ2n) is 12.7. The Balaban J connectivity index is 1.37.